The van der Waals surface area contributed by atoms with Gasteiger partial charge in [0.05, 0.1) is 10.8 Å². The van der Waals surface area contributed by atoms with Crippen molar-refractivity contribution in [2.75, 3.05) is 14.1 Å². The van der Waals surface area contributed by atoms with Crippen LogP contribution in [0.1, 0.15) is 23.0 Å². The van der Waals surface area contributed by atoms with Gasteiger partial charge in [-0.25, -0.2) is 4.79 Å². The van der Waals surface area contributed by atoms with E-state index in [1.807, 2.05) is 0 Å². The molecule has 0 saturated carbocycles. The molecule has 0 radical (unpaired) electrons. The summed E-state index contributed by atoms with van der Waals surface area (Å²) in [4.78, 5) is 61.8. The zero-order chi connectivity index (χ0) is 23.0. The van der Waals surface area contributed by atoms with Crippen LogP contribution in [0.5, 0.6) is 5.75 Å². The topological polar surface area (TPSA) is 172 Å². The summed E-state index contributed by atoms with van der Waals surface area (Å²) in [6, 6.07) is 4.68. The van der Waals surface area contributed by atoms with Crippen molar-refractivity contribution in [3.8, 4) is 5.75 Å². The van der Waals surface area contributed by atoms with Crippen molar-refractivity contribution in [1.29, 1.82) is 0 Å². The van der Waals surface area contributed by atoms with E-state index in [2.05, 4.69) is 0 Å². The summed E-state index contributed by atoms with van der Waals surface area (Å²) >= 11 is 0. The van der Waals surface area contributed by atoms with Gasteiger partial charge in [0.2, 0.25) is 23.0 Å². The van der Waals surface area contributed by atoms with Gasteiger partial charge < -0.3 is 14.6 Å². The Kier molecular flexibility index (Phi) is 5.58. The lowest BCUT2D eigenvalue weighted by Gasteiger charge is -2.36. The van der Waals surface area contributed by atoms with E-state index >= 15 is 0 Å². The van der Waals surface area contributed by atoms with E-state index in [0.29, 0.717) is 9.80 Å². The molecule has 1 unspecified atom stereocenters. The molecular formula is C19H17N3O9. The van der Waals surface area contributed by atoms with Crippen LogP contribution in [0, 0.1) is 16.0 Å². The molecular weight excluding hydrogens is 414 g/mol. The van der Waals surface area contributed by atoms with Crippen LogP contribution in [0.25, 0.3) is 0 Å². The molecule has 3 rings (SSSR count). The number of barbiturate groups is 1. The Bertz CT molecular complexity index is 1120. The Morgan fingerprint density at radius 2 is 1.65 bits per heavy atom. The number of nitro benzene ring substituents is 1. The number of urea groups is 1. The molecule has 2 N–H and O–H groups in total. The standard InChI is InChI=1S/C19H17N3O9/c1-20-17(26)14(18(27)21(2)19(20)28)13(9-3-5-10(6-4-9)22(29)30)16-15(25)12(24)7-11(8-23)31-16/h3-7,13-14,23,25H,8H2,1-2H3. The number of amides is 4. The van der Waals surface area contributed by atoms with Gasteiger partial charge in [0, 0.05) is 32.3 Å². The Labute approximate surface area is 174 Å². The number of hydrogen-bond acceptors (Lipinski definition) is 9. The van der Waals surface area contributed by atoms with Crippen LogP contribution < -0.4 is 5.43 Å². The van der Waals surface area contributed by atoms with Gasteiger partial charge in [0.1, 0.15) is 18.3 Å². The summed E-state index contributed by atoms with van der Waals surface area (Å²) in [6.45, 7) is -0.708. The predicted molar refractivity (Wildman–Crippen MR) is 102 cm³/mol. The number of carbonyl (C=O) groups excluding carboxylic acids is 3. The van der Waals surface area contributed by atoms with Crippen molar-refractivity contribution in [3.63, 3.8) is 0 Å². The van der Waals surface area contributed by atoms with E-state index in [1.165, 1.54) is 12.1 Å². The van der Waals surface area contributed by atoms with E-state index < -0.39 is 58.2 Å². The van der Waals surface area contributed by atoms with Crippen molar-refractivity contribution in [1.82, 2.24) is 9.80 Å². The Morgan fingerprint density at radius 3 is 2.13 bits per heavy atom. The van der Waals surface area contributed by atoms with Gasteiger partial charge in [0.15, 0.2) is 5.76 Å². The van der Waals surface area contributed by atoms with Gasteiger partial charge in [-0.15, -0.1) is 0 Å². The minimum absolute atomic E-state index is 0.127. The van der Waals surface area contributed by atoms with Crippen molar-refractivity contribution in [2.45, 2.75) is 12.5 Å². The number of aromatic hydroxyl groups is 1. The van der Waals surface area contributed by atoms with Crippen LogP contribution >= 0.6 is 0 Å². The van der Waals surface area contributed by atoms with Gasteiger partial charge in [-0.3, -0.25) is 34.3 Å². The number of imide groups is 2. The highest BCUT2D eigenvalue weighted by molar-refractivity contribution is 6.16. The first-order valence-corrected chi connectivity index (χ1v) is 8.88. The number of hydrogen-bond donors (Lipinski definition) is 2. The molecule has 2 aromatic rings. The second kappa shape index (κ2) is 7.99. The Hall–Kier alpha value is -4.06. The number of carbonyl (C=O) groups is 3. The SMILES string of the molecule is CN1C(=O)C(C(c2ccc([N+](=O)[O-])cc2)c2oc(CO)cc(=O)c2O)C(=O)N(C)C1=O. The zero-order valence-electron chi connectivity index (χ0n) is 16.3. The molecule has 1 saturated heterocycles. The third kappa shape index (κ3) is 3.64. The first-order chi connectivity index (χ1) is 14.6. The zero-order valence-corrected chi connectivity index (χ0v) is 16.3. The maximum atomic E-state index is 12.9. The molecule has 1 aliphatic rings. The number of rotatable bonds is 5. The average molecular weight is 431 g/mol. The van der Waals surface area contributed by atoms with E-state index in [-0.39, 0.29) is 17.0 Å². The van der Waals surface area contributed by atoms with Gasteiger partial charge in [-0.1, -0.05) is 12.1 Å². The summed E-state index contributed by atoms with van der Waals surface area (Å²) in [5.41, 5.74) is -1.07. The van der Waals surface area contributed by atoms with Gasteiger partial charge >= 0.3 is 6.03 Å². The van der Waals surface area contributed by atoms with E-state index in [4.69, 9.17) is 4.42 Å². The van der Waals surface area contributed by atoms with E-state index in [0.717, 1.165) is 32.3 Å². The first kappa shape index (κ1) is 21.6. The second-order valence-electron chi connectivity index (χ2n) is 6.83. The molecule has 1 fully saturated rings. The lowest BCUT2D eigenvalue weighted by molar-refractivity contribution is -0.384. The Balaban J connectivity index is 2.28. The Morgan fingerprint density at radius 1 is 1.10 bits per heavy atom. The molecule has 2 heterocycles. The largest absolute Gasteiger partial charge is 0.502 e. The fourth-order valence-electron chi connectivity index (χ4n) is 3.36. The molecule has 31 heavy (non-hydrogen) atoms. The number of aliphatic hydroxyl groups excluding tert-OH is 1. The normalized spacial score (nSPS) is 16.0. The fraction of sp³-hybridized carbons (Fsp3) is 0.263. The summed E-state index contributed by atoms with van der Waals surface area (Å²) < 4.78 is 5.42. The van der Waals surface area contributed by atoms with Crippen LogP contribution in [0.2, 0.25) is 0 Å². The smallest absolute Gasteiger partial charge is 0.332 e. The first-order valence-electron chi connectivity index (χ1n) is 8.88. The molecule has 1 aromatic heterocycles. The number of nitrogens with zero attached hydrogens (tertiary/aromatic N) is 3. The van der Waals surface area contributed by atoms with Crippen molar-refractivity contribution in [3.05, 3.63) is 67.8 Å². The van der Waals surface area contributed by atoms with Crippen molar-refractivity contribution < 1.29 is 33.9 Å². The number of aliphatic hydroxyl groups is 1. The van der Waals surface area contributed by atoms with E-state index in [9.17, 15) is 39.5 Å². The van der Waals surface area contributed by atoms with Gasteiger partial charge in [-0.05, 0) is 5.56 Å². The van der Waals surface area contributed by atoms with Gasteiger partial charge in [-0.2, -0.15) is 0 Å². The van der Waals surface area contributed by atoms with Crippen LogP contribution in [0.3, 0.4) is 0 Å². The highest BCUT2D eigenvalue weighted by atomic mass is 16.6. The second-order valence-corrected chi connectivity index (χ2v) is 6.83. The van der Waals surface area contributed by atoms with Crippen LogP contribution in [-0.2, 0) is 16.2 Å². The fourth-order valence-corrected chi connectivity index (χ4v) is 3.36. The molecule has 0 spiro atoms. The molecule has 1 aliphatic heterocycles. The molecule has 4 amide bonds. The van der Waals surface area contributed by atoms with E-state index in [1.54, 1.807) is 0 Å². The third-order valence-corrected chi connectivity index (χ3v) is 5.00. The van der Waals surface area contributed by atoms with Gasteiger partial charge in [0.25, 0.3) is 5.69 Å². The molecule has 1 atom stereocenters. The number of nitro groups is 1. The monoisotopic (exact) mass is 431 g/mol. The molecule has 0 bridgehead atoms. The summed E-state index contributed by atoms with van der Waals surface area (Å²) in [6.07, 6.45) is 0. The van der Waals surface area contributed by atoms with Crippen LogP contribution in [0.4, 0.5) is 10.5 Å². The van der Waals surface area contributed by atoms with Crippen LogP contribution in [0.15, 0.2) is 39.5 Å². The molecule has 12 heteroatoms. The highest BCUT2D eigenvalue weighted by Crippen LogP contribution is 2.40. The van der Waals surface area contributed by atoms with Crippen LogP contribution in [-0.4, -0.2) is 56.9 Å². The van der Waals surface area contributed by atoms with Crippen molar-refractivity contribution in [2.24, 2.45) is 5.92 Å². The highest BCUT2D eigenvalue weighted by Gasteiger charge is 2.49. The maximum Gasteiger partial charge on any atom is 0.332 e. The summed E-state index contributed by atoms with van der Waals surface area (Å²) in [5, 5.41) is 30.7. The molecule has 0 aliphatic carbocycles. The molecule has 1 aromatic carbocycles. The number of non-ortho nitro benzene ring substituents is 1. The predicted octanol–water partition coefficient (Wildman–Crippen LogP) is 0.544. The lowest BCUT2D eigenvalue weighted by atomic mass is 9.80. The summed E-state index contributed by atoms with van der Waals surface area (Å²) in [5.74, 6) is -6.52. The van der Waals surface area contributed by atoms with Crippen molar-refractivity contribution >= 4 is 23.5 Å². The average Bonchev–Trinajstić information content (AvgIpc) is 2.76. The third-order valence-electron chi connectivity index (χ3n) is 5.00. The maximum absolute atomic E-state index is 12.9. The summed E-state index contributed by atoms with van der Waals surface area (Å²) in [7, 11) is 2.32. The lowest BCUT2D eigenvalue weighted by Crippen LogP contribution is -2.58. The molecule has 162 valence electrons. The molecule has 12 nitrogen and oxygen atoms in total. The minimum Gasteiger partial charge on any atom is -0.502 e. The minimum atomic E-state index is -1.63. The quantitative estimate of drug-likeness (QED) is 0.389. The number of benzene rings is 1.